The predicted molar refractivity (Wildman–Crippen MR) is 97.3 cm³/mol. The van der Waals surface area contributed by atoms with Gasteiger partial charge in [0.05, 0.1) is 14.2 Å². The summed E-state index contributed by atoms with van der Waals surface area (Å²) in [6.45, 7) is 3.95. The lowest BCUT2D eigenvalue weighted by Crippen LogP contribution is -2.30. The molecule has 1 N–H and O–H groups in total. The van der Waals surface area contributed by atoms with Crippen LogP contribution in [-0.2, 0) is 21.1 Å². The Bertz CT molecular complexity index is 746. The molecule has 134 valence electrons. The Morgan fingerprint density at radius 1 is 1.08 bits per heavy atom. The van der Waals surface area contributed by atoms with E-state index in [2.05, 4.69) is 0 Å². The highest BCUT2D eigenvalue weighted by molar-refractivity contribution is 7.32. The number of hydrogen-bond acceptors (Lipinski definition) is 4. The maximum Gasteiger partial charge on any atom is 0.695 e. The van der Waals surface area contributed by atoms with Gasteiger partial charge in [0, 0.05) is 15.7 Å². The predicted octanol–water partition coefficient (Wildman–Crippen LogP) is 4.59. The van der Waals surface area contributed by atoms with Gasteiger partial charge < -0.3 is 9.47 Å². The van der Waals surface area contributed by atoms with Gasteiger partial charge in [0.2, 0.25) is 0 Å². The van der Waals surface area contributed by atoms with Gasteiger partial charge >= 0.3 is 8.25 Å². The van der Waals surface area contributed by atoms with Crippen LogP contribution in [0.4, 0.5) is 0 Å². The molecule has 0 spiro atoms. The van der Waals surface area contributed by atoms with Crippen molar-refractivity contribution in [3.05, 3.63) is 59.2 Å². The van der Waals surface area contributed by atoms with Crippen molar-refractivity contribution < 1.29 is 23.5 Å². The quantitative estimate of drug-likeness (QED) is 0.695. The zero-order chi connectivity index (χ0) is 18.4. The van der Waals surface area contributed by atoms with E-state index in [9.17, 15) is 9.46 Å². The van der Waals surface area contributed by atoms with Crippen LogP contribution in [0.2, 0.25) is 0 Å². The van der Waals surface area contributed by atoms with Crippen molar-refractivity contribution in [2.24, 2.45) is 0 Å². The molecule has 0 bridgehead atoms. The molecule has 5 nitrogen and oxygen atoms in total. The zero-order valence-corrected chi connectivity index (χ0v) is 15.9. The first-order chi connectivity index (χ1) is 12.0. The van der Waals surface area contributed by atoms with Crippen LogP contribution in [0.1, 0.15) is 37.0 Å². The van der Waals surface area contributed by atoms with Crippen LogP contribution < -0.4 is 9.47 Å². The number of rotatable bonds is 8. The summed E-state index contributed by atoms with van der Waals surface area (Å²) in [6, 6.07) is 13.1. The lowest BCUT2D eigenvalue weighted by molar-refractivity contribution is 0.0984. The van der Waals surface area contributed by atoms with Gasteiger partial charge in [-0.05, 0) is 36.6 Å². The van der Waals surface area contributed by atoms with Crippen LogP contribution in [0, 0.1) is 0 Å². The van der Waals surface area contributed by atoms with Crippen LogP contribution in [-0.4, -0.2) is 19.1 Å². The summed E-state index contributed by atoms with van der Waals surface area (Å²) in [7, 11) is 0.384. The van der Waals surface area contributed by atoms with E-state index < -0.39 is 13.9 Å². The Morgan fingerprint density at radius 2 is 1.80 bits per heavy atom. The summed E-state index contributed by atoms with van der Waals surface area (Å²) in [4.78, 5) is 9.58. The summed E-state index contributed by atoms with van der Waals surface area (Å²) >= 11 is 0. The summed E-state index contributed by atoms with van der Waals surface area (Å²) in [6.07, 6.45) is 1.18. The smallest absolute Gasteiger partial charge is 0.497 e. The third kappa shape index (κ3) is 3.84. The second-order valence-corrected chi connectivity index (χ2v) is 6.24. The third-order valence-corrected chi connectivity index (χ3v) is 4.88. The van der Waals surface area contributed by atoms with Gasteiger partial charge in [0.25, 0.3) is 0 Å². The molecule has 2 aromatic rings. The summed E-state index contributed by atoms with van der Waals surface area (Å²) < 4.78 is 28.2. The van der Waals surface area contributed by atoms with Crippen molar-refractivity contribution in [1.82, 2.24) is 0 Å². The van der Waals surface area contributed by atoms with Gasteiger partial charge in [-0.15, -0.1) is 9.42 Å². The first-order valence-corrected chi connectivity index (χ1v) is 9.31. The molecule has 0 aliphatic carbocycles. The fourth-order valence-corrected chi connectivity index (χ4v) is 3.82. The SMILES string of the molecule is CCc1c(OC)cccc1C(CC)(O[P+](=O)O)c1cccc(OC)c1. The summed E-state index contributed by atoms with van der Waals surface area (Å²) in [5.74, 6) is 1.39. The van der Waals surface area contributed by atoms with Crippen molar-refractivity contribution in [3.8, 4) is 11.5 Å². The van der Waals surface area contributed by atoms with E-state index in [1.165, 1.54) is 0 Å². The number of methoxy groups -OCH3 is 2. The van der Waals surface area contributed by atoms with Crippen molar-refractivity contribution in [3.63, 3.8) is 0 Å². The standard InChI is InChI=1S/C19H23O5P/c1-5-16-17(11-8-12-18(16)23-4)19(6-2,24-25(20)21)14-9-7-10-15(13-14)22-3/h7-13H,5-6H2,1-4H3/p+1. The molecule has 2 atom stereocenters. The minimum atomic E-state index is -2.82. The van der Waals surface area contributed by atoms with Crippen molar-refractivity contribution in [2.45, 2.75) is 32.3 Å². The molecule has 25 heavy (non-hydrogen) atoms. The Morgan fingerprint density at radius 3 is 2.36 bits per heavy atom. The van der Waals surface area contributed by atoms with Gasteiger partial charge in [0.1, 0.15) is 11.5 Å². The van der Waals surface area contributed by atoms with E-state index in [0.29, 0.717) is 18.6 Å². The van der Waals surface area contributed by atoms with E-state index in [-0.39, 0.29) is 0 Å². The molecule has 0 amide bonds. The largest absolute Gasteiger partial charge is 0.695 e. The van der Waals surface area contributed by atoms with Gasteiger partial charge in [-0.25, -0.2) is 0 Å². The fraction of sp³-hybridized carbons (Fsp3) is 0.368. The molecule has 0 radical (unpaired) electrons. The summed E-state index contributed by atoms with van der Waals surface area (Å²) in [5, 5.41) is 0. The fourth-order valence-electron chi connectivity index (χ4n) is 3.22. The normalized spacial score (nSPS) is 13.9. The third-order valence-electron chi connectivity index (χ3n) is 4.41. The molecule has 6 heteroatoms. The van der Waals surface area contributed by atoms with Crippen LogP contribution in [0.5, 0.6) is 11.5 Å². The van der Waals surface area contributed by atoms with E-state index in [4.69, 9.17) is 14.0 Å². The van der Waals surface area contributed by atoms with Gasteiger partial charge in [-0.2, -0.15) is 0 Å². The zero-order valence-electron chi connectivity index (χ0n) is 15.0. The second-order valence-electron chi connectivity index (χ2n) is 5.58. The average Bonchev–Trinajstić information content (AvgIpc) is 2.65. The molecule has 0 saturated heterocycles. The van der Waals surface area contributed by atoms with Crippen LogP contribution in [0.25, 0.3) is 0 Å². The minimum Gasteiger partial charge on any atom is -0.497 e. The molecule has 0 aromatic heterocycles. The molecule has 0 heterocycles. The first kappa shape index (κ1) is 19.4. The van der Waals surface area contributed by atoms with Crippen LogP contribution in [0.15, 0.2) is 42.5 Å². The number of ether oxygens (including phenoxy) is 2. The van der Waals surface area contributed by atoms with Gasteiger partial charge in [-0.1, -0.05) is 38.1 Å². The molecule has 2 unspecified atom stereocenters. The molecule has 0 aliphatic heterocycles. The summed E-state index contributed by atoms with van der Waals surface area (Å²) in [5.41, 5.74) is 1.46. The topological polar surface area (TPSA) is 65.0 Å². The lowest BCUT2D eigenvalue weighted by Gasteiger charge is -2.30. The maximum atomic E-state index is 11.7. The van der Waals surface area contributed by atoms with E-state index in [1.54, 1.807) is 14.2 Å². The maximum absolute atomic E-state index is 11.7. The monoisotopic (exact) mass is 363 g/mol. The minimum absolute atomic E-state index is 0.474. The number of hydrogen-bond donors (Lipinski definition) is 1. The highest BCUT2D eigenvalue weighted by Crippen LogP contribution is 2.46. The highest BCUT2D eigenvalue weighted by Gasteiger charge is 2.44. The van der Waals surface area contributed by atoms with Crippen molar-refractivity contribution in [2.75, 3.05) is 14.2 Å². The highest BCUT2D eigenvalue weighted by atomic mass is 31.1. The number of benzene rings is 2. The molecule has 0 saturated carbocycles. The second kappa shape index (κ2) is 8.43. The van der Waals surface area contributed by atoms with Crippen LogP contribution in [0.3, 0.4) is 0 Å². The van der Waals surface area contributed by atoms with Gasteiger partial charge in [0.15, 0.2) is 5.60 Å². The Labute approximate surface area is 149 Å². The Kier molecular flexibility index (Phi) is 6.54. The first-order valence-electron chi connectivity index (χ1n) is 8.18. The Balaban J connectivity index is 2.78. The van der Waals surface area contributed by atoms with Crippen molar-refractivity contribution in [1.29, 1.82) is 0 Å². The molecule has 0 fully saturated rings. The molecule has 0 aliphatic rings. The molecule has 2 rings (SSSR count). The van der Waals surface area contributed by atoms with Crippen LogP contribution >= 0.6 is 8.25 Å². The Hall–Kier alpha value is -1.94. The van der Waals surface area contributed by atoms with E-state index in [1.807, 2.05) is 56.3 Å². The molecular formula is C19H24O5P+. The van der Waals surface area contributed by atoms with Gasteiger partial charge in [-0.3, -0.25) is 0 Å². The molecule has 2 aromatic carbocycles. The van der Waals surface area contributed by atoms with E-state index in [0.717, 1.165) is 22.4 Å². The average molecular weight is 363 g/mol. The van der Waals surface area contributed by atoms with E-state index >= 15 is 0 Å². The molecular weight excluding hydrogens is 339 g/mol. The van der Waals surface area contributed by atoms with Crippen molar-refractivity contribution >= 4 is 8.25 Å². The lowest BCUT2D eigenvalue weighted by atomic mass is 9.80.